The third kappa shape index (κ3) is 5.77. The summed E-state index contributed by atoms with van der Waals surface area (Å²) in [6.45, 7) is 3.05. The van der Waals surface area contributed by atoms with E-state index in [1.165, 1.54) is 19.1 Å². The van der Waals surface area contributed by atoms with Crippen LogP contribution in [-0.4, -0.2) is 23.1 Å². The van der Waals surface area contributed by atoms with Crippen molar-refractivity contribution < 1.29 is 32.5 Å². The summed E-state index contributed by atoms with van der Waals surface area (Å²) >= 11 is 0. The van der Waals surface area contributed by atoms with Crippen molar-refractivity contribution in [1.82, 2.24) is 0 Å². The molecule has 2 unspecified atom stereocenters. The molecule has 4 nitrogen and oxygen atoms in total. The number of Topliss-reactive ketones (excluding diaryl/α,β-unsaturated/α-hetero) is 1. The lowest BCUT2D eigenvalue weighted by Crippen LogP contribution is -2.30. The first-order valence-electron chi connectivity index (χ1n) is 7.94. The van der Waals surface area contributed by atoms with Crippen molar-refractivity contribution in [2.24, 2.45) is 0 Å². The van der Waals surface area contributed by atoms with Crippen molar-refractivity contribution in [2.75, 3.05) is 0 Å². The van der Waals surface area contributed by atoms with Crippen LogP contribution in [0.4, 0.5) is 13.2 Å². The van der Waals surface area contributed by atoms with Gasteiger partial charge in [0.1, 0.15) is 29.1 Å². The van der Waals surface area contributed by atoms with Gasteiger partial charge in [-0.25, -0.2) is 0 Å². The maximum absolute atomic E-state index is 12.5. The Hall–Kier alpha value is -2.54. The molecule has 0 aromatic heterocycles. The number of ketones is 1. The van der Waals surface area contributed by atoms with Crippen LogP contribution in [0.25, 0.3) is 0 Å². The molecule has 2 aromatic rings. The number of ether oxygens (including phenoxy) is 2. The average Bonchev–Trinajstić information content (AvgIpc) is 2.55. The fourth-order valence-corrected chi connectivity index (χ4v) is 2.19. The van der Waals surface area contributed by atoms with Crippen LogP contribution < -0.4 is 9.47 Å². The number of rotatable bonds is 7. The second-order valence-electron chi connectivity index (χ2n) is 5.89. The van der Waals surface area contributed by atoms with Crippen LogP contribution in [0.2, 0.25) is 0 Å². The first kappa shape index (κ1) is 19.8. The molecule has 0 spiro atoms. The van der Waals surface area contributed by atoms with Gasteiger partial charge in [0.15, 0.2) is 0 Å². The predicted octanol–water partition coefficient (Wildman–Crippen LogP) is 4.61. The largest absolute Gasteiger partial charge is 0.488 e. The quantitative estimate of drug-likeness (QED) is 0.776. The molecule has 0 fully saturated rings. The SMILES string of the molecule is CC(=O)CC(O)C(C)Oc1ccc(Oc2ccc(C(F)(F)F)cc2)cc1. The topological polar surface area (TPSA) is 55.8 Å². The summed E-state index contributed by atoms with van der Waals surface area (Å²) in [7, 11) is 0. The predicted molar refractivity (Wildman–Crippen MR) is 89.4 cm³/mol. The number of carbonyl (C=O) groups excluding carboxylic acids is 1. The minimum Gasteiger partial charge on any atom is -0.488 e. The van der Waals surface area contributed by atoms with Crippen LogP contribution in [0.1, 0.15) is 25.8 Å². The van der Waals surface area contributed by atoms with Crippen molar-refractivity contribution in [2.45, 2.75) is 38.7 Å². The Morgan fingerprint density at radius 2 is 1.46 bits per heavy atom. The lowest BCUT2D eigenvalue weighted by atomic mass is 10.1. The average molecular weight is 368 g/mol. The van der Waals surface area contributed by atoms with Gasteiger partial charge in [-0.3, -0.25) is 4.79 Å². The van der Waals surface area contributed by atoms with Gasteiger partial charge in [0.05, 0.1) is 11.7 Å². The zero-order valence-electron chi connectivity index (χ0n) is 14.3. The molecule has 0 radical (unpaired) electrons. The summed E-state index contributed by atoms with van der Waals surface area (Å²) < 4.78 is 48.6. The number of alkyl halides is 3. The molecule has 2 aromatic carbocycles. The summed E-state index contributed by atoms with van der Waals surface area (Å²) in [4.78, 5) is 11.0. The summed E-state index contributed by atoms with van der Waals surface area (Å²) in [6.07, 6.45) is -5.85. The highest BCUT2D eigenvalue weighted by Gasteiger charge is 2.30. The summed E-state index contributed by atoms with van der Waals surface area (Å²) in [5.74, 6) is 1.04. The molecular weight excluding hydrogens is 349 g/mol. The van der Waals surface area contributed by atoms with E-state index in [1.54, 1.807) is 31.2 Å². The second kappa shape index (κ2) is 8.23. The van der Waals surface area contributed by atoms with E-state index in [-0.39, 0.29) is 18.0 Å². The molecular formula is C19H19F3O4. The summed E-state index contributed by atoms with van der Waals surface area (Å²) in [5.41, 5.74) is -0.744. The first-order valence-corrected chi connectivity index (χ1v) is 7.94. The second-order valence-corrected chi connectivity index (χ2v) is 5.89. The Labute approximate surface area is 149 Å². The molecule has 7 heteroatoms. The third-order valence-electron chi connectivity index (χ3n) is 3.60. The molecule has 0 saturated heterocycles. The number of carbonyl (C=O) groups is 1. The molecule has 0 aliphatic heterocycles. The molecule has 26 heavy (non-hydrogen) atoms. The van der Waals surface area contributed by atoms with Gasteiger partial charge >= 0.3 is 6.18 Å². The van der Waals surface area contributed by atoms with Gasteiger partial charge in [0.25, 0.3) is 0 Å². The maximum atomic E-state index is 12.5. The van der Waals surface area contributed by atoms with Crippen LogP contribution in [-0.2, 0) is 11.0 Å². The number of hydrogen-bond donors (Lipinski definition) is 1. The minimum atomic E-state index is -4.39. The van der Waals surface area contributed by atoms with Crippen molar-refractivity contribution in [3.63, 3.8) is 0 Å². The number of halogens is 3. The van der Waals surface area contributed by atoms with Gasteiger partial charge in [-0.05, 0) is 62.4 Å². The first-order chi connectivity index (χ1) is 12.1. The molecule has 2 rings (SSSR count). The van der Waals surface area contributed by atoms with E-state index in [0.717, 1.165) is 12.1 Å². The van der Waals surface area contributed by atoms with E-state index in [9.17, 15) is 23.1 Å². The van der Waals surface area contributed by atoms with Crippen molar-refractivity contribution in [3.05, 3.63) is 54.1 Å². The molecule has 0 saturated carbocycles. The fraction of sp³-hybridized carbons (Fsp3) is 0.316. The monoisotopic (exact) mass is 368 g/mol. The summed E-state index contributed by atoms with van der Waals surface area (Å²) in [5, 5.41) is 9.83. The fourth-order valence-electron chi connectivity index (χ4n) is 2.19. The van der Waals surface area contributed by atoms with E-state index in [1.807, 2.05) is 0 Å². The normalized spacial score (nSPS) is 13.8. The lowest BCUT2D eigenvalue weighted by molar-refractivity contribution is -0.137. The van der Waals surface area contributed by atoms with Gasteiger partial charge in [0, 0.05) is 6.42 Å². The zero-order valence-corrected chi connectivity index (χ0v) is 14.3. The molecule has 140 valence electrons. The van der Waals surface area contributed by atoms with Crippen LogP contribution in [0.3, 0.4) is 0 Å². The number of aliphatic hydroxyl groups is 1. The van der Waals surface area contributed by atoms with Crippen molar-refractivity contribution >= 4 is 5.78 Å². The highest BCUT2D eigenvalue weighted by atomic mass is 19.4. The van der Waals surface area contributed by atoms with E-state index in [4.69, 9.17) is 9.47 Å². The Bertz CT molecular complexity index is 724. The molecule has 0 amide bonds. The maximum Gasteiger partial charge on any atom is 0.416 e. The van der Waals surface area contributed by atoms with E-state index in [2.05, 4.69) is 0 Å². The van der Waals surface area contributed by atoms with Crippen LogP contribution in [0.15, 0.2) is 48.5 Å². The number of hydrogen-bond acceptors (Lipinski definition) is 4. The third-order valence-corrected chi connectivity index (χ3v) is 3.60. The minimum absolute atomic E-state index is 0.0102. The van der Waals surface area contributed by atoms with Crippen LogP contribution >= 0.6 is 0 Å². The van der Waals surface area contributed by atoms with E-state index >= 15 is 0 Å². The number of benzene rings is 2. The molecule has 0 heterocycles. The highest BCUT2D eigenvalue weighted by molar-refractivity contribution is 5.76. The van der Waals surface area contributed by atoms with Gasteiger partial charge in [0.2, 0.25) is 0 Å². The number of aliphatic hydroxyl groups excluding tert-OH is 1. The van der Waals surface area contributed by atoms with Gasteiger partial charge in [-0.2, -0.15) is 13.2 Å². The van der Waals surface area contributed by atoms with Crippen molar-refractivity contribution in [3.8, 4) is 17.2 Å². The van der Waals surface area contributed by atoms with Gasteiger partial charge in [-0.15, -0.1) is 0 Å². The molecule has 2 atom stereocenters. The zero-order chi connectivity index (χ0) is 19.3. The Morgan fingerprint density at radius 1 is 1.00 bits per heavy atom. The molecule has 0 aliphatic carbocycles. The van der Waals surface area contributed by atoms with Gasteiger partial charge in [-0.1, -0.05) is 0 Å². The van der Waals surface area contributed by atoms with Crippen LogP contribution in [0.5, 0.6) is 17.2 Å². The molecule has 0 bridgehead atoms. The Balaban J connectivity index is 1.96. The van der Waals surface area contributed by atoms with Crippen LogP contribution in [0, 0.1) is 0 Å². The van der Waals surface area contributed by atoms with Crippen molar-refractivity contribution in [1.29, 1.82) is 0 Å². The highest BCUT2D eigenvalue weighted by Crippen LogP contribution is 2.31. The van der Waals surface area contributed by atoms with E-state index in [0.29, 0.717) is 11.5 Å². The van der Waals surface area contributed by atoms with E-state index < -0.39 is 23.9 Å². The Morgan fingerprint density at radius 3 is 1.92 bits per heavy atom. The standard InChI is InChI=1S/C19H19F3O4/c1-12(23)11-18(24)13(2)25-15-7-9-17(10-8-15)26-16-5-3-14(4-6-16)19(20,21)22/h3-10,13,18,24H,11H2,1-2H3. The molecule has 0 aliphatic rings. The lowest BCUT2D eigenvalue weighted by Gasteiger charge is -2.19. The molecule has 1 N–H and O–H groups in total. The van der Waals surface area contributed by atoms with Gasteiger partial charge < -0.3 is 14.6 Å². The summed E-state index contributed by atoms with van der Waals surface area (Å²) in [6, 6.07) is 10.8. The Kier molecular flexibility index (Phi) is 6.26. The smallest absolute Gasteiger partial charge is 0.416 e.